The van der Waals surface area contributed by atoms with Crippen LogP contribution in [0, 0.1) is 0 Å². The number of carbonyl (C=O) groups excluding carboxylic acids is 1. The van der Waals surface area contributed by atoms with Crippen LogP contribution >= 0.6 is 34.8 Å². The van der Waals surface area contributed by atoms with Crippen molar-refractivity contribution in [1.29, 1.82) is 0 Å². The molecule has 3 aromatic carbocycles. The van der Waals surface area contributed by atoms with E-state index >= 15 is 0 Å². The molecule has 0 saturated heterocycles. The Hall–Kier alpha value is -2.74. The van der Waals surface area contributed by atoms with Crippen LogP contribution in [-0.2, 0) is 11.3 Å². The Morgan fingerprint density at radius 2 is 1.65 bits per heavy atom. The van der Waals surface area contributed by atoms with E-state index in [2.05, 4.69) is 5.32 Å². The van der Waals surface area contributed by atoms with Crippen molar-refractivity contribution in [2.75, 3.05) is 26.4 Å². The number of rotatable bonds is 11. The zero-order valence-electron chi connectivity index (χ0n) is 21.9. The molecule has 1 aliphatic carbocycles. The summed E-state index contributed by atoms with van der Waals surface area (Å²) in [6.07, 6.45) is 2.47. The minimum absolute atomic E-state index is 0.0118. The fourth-order valence-corrected chi connectivity index (χ4v) is 5.40. The highest BCUT2D eigenvalue weighted by Crippen LogP contribution is 2.36. The van der Waals surface area contributed by atoms with Gasteiger partial charge in [-0.2, -0.15) is 0 Å². The van der Waals surface area contributed by atoms with E-state index in [0.717, 1.165) is 29.5 Å². The second-order valence-electron chi connectivity index (χ2n) is 9.95. The van der Waals surface area contributed by atoms with Crippen molar-refractivity contribution in [3.05, 3.63) is 98.5 Å². The van der Waals surface area contributed by atoms with Crippen LogP contribution in [0.4, 0.5) is 0 Å². The number of para-hydroxylation sites is 1. The Morgan fingerprint density at radius 3 is 2.38 bits per heavy atom. The van der Waals surface area contributed by atoms with Gasteiger partial charge >= 0.3 is 0 Å². The molecule has 0 spiro atoms. The van der Waals surface area contributed by atoms with Crippen molar-refractivity contribution in [2.24, 2.45) is 0 Å². The van der Waals surface area contributed by atoms with Crippen molar-refractivity contribution in [3.63, 3.8) is 0 Å². The number of halogens is 3. The number of nitrogens with zero attached hydrogens (tertiary/aromatic N) is 1. The maximum absolute atomic E-state index is 14.0. The summed E-state index contributed by atoms with van der Waals surface area (Å²) in [6.45, 7) is 1.47. The van der Waals surface area contributed by atoms with E-state index in [9.17, 15) is 9.90 Å². The predicted molar refractivity (Wildman–Crippen MR) is 159 cm³/mol. The minimum Gasteiger partial charge on any atom is -0.490 e. The minimum atomic E-state index is -0.124. The van der Waals surface area contributed by atoms with Gasteiger partial charge in [0.1, 0.15) is 24.7 Å². The first-order valence-electron chi connectivity index (χ1n) is 13.3. The molecule has 1 aliphatic heterocycles. The first-order chi connectivity index (χ1) is 19.4. The molecule has 210 valence electrons. The molecule has 1 amide bonds. The SMILES string of the molecule is O=C(C1=C(c2ccc(OCCOc3ccccc3Cl)cc2)CC(CO)NC1)N(Cc1cccc(Cl)c1Cl)C1CC1. The average molecular weight is 602 g/mol. The molecule has 3 aromatic rings. The van der Waals surface area contributed by atoms with Crippen molar-refractivity contribution in [3.8, 4) is 11.5 Å². The monoisotopic (exact) mass is 600 g/mol. The van der Waals surface area contributed by atoms with Gasteiger partial charge in [0.2, 0.25) is 0 Å². The number of amides is 1. The molecule has 9 heteroatoms. The third kappa shape index (κ3) is 6.93. The van der Waals surface area contributed by atoms with Gasteiger partial charge in [-0.25, -0.2) is 0 Å². The number of hydrogen-bond acceptors (Lipinski definition) is 5. The van der Waals surface area contributed by atoms with Crippen LogP contribution in [0.5, 0.6) is 11.5 Å². The highest BCUT2D eigenvalue weighted by molar-refractivity contribution is 6.42. The summed E-state index contributed by atoms with van der Waals surface area (Å²) in [5.74, 6) is 1.30. The molecule has 2 aliphatic rings. The molecule has 0 radical (unpaired) electrons. The predicted octanol–water partition coefficient (Wildman–Crippen LogP) is 6.40. The molecule has 1 atom stereocenters. The van der Waals surface area contributed by atoms with Gasteiger partial charge in [-0.05, 0) is 66.3 Å². The Labute approximate surface area is 249 Å². The number of carbonyl (C=O) groups is 1. The van der Waals surface area contributed by atoms with Crippen molar-refractivity contribution < 1.29 is 19.4 Å². The summed E-state index contributed by atoms with van der Waals surface area (Å²) in [5.41, 5.74) is 3.39. The van der Waals surface area contributed by atoms with E-state index in [1.54, 1.807) is 12.1 Å². The Morgan fingerprint density at radius 1 is 0.925 bits per heavy atom. The molecule has 1 saturated carbocycles. The Kier molecular flexibility index (Phi) is 9.56. The second kappa shape index (κ2) is 13.3. The van der Waals surface area contributed by atoms with Crippen molar-refractivity contribution in [2.45, 2.75) is 37.9 Å². The summed E-state index contributed by atoms with van der Waals surface area (Å²) in [5, 5.41) is 14.7. The van der Waals surface area contributed by atoms with Gasteiger partial charge in [0.05, 0.1) is 21.7 Å². The molecule has 1 fully saturated rings. The lowest BCUT2D eigenvalue weighted by atomic mass is 9.89. The first-order valence-corrected chi connectivity index (χ1v) is 14.5. The largest absolute Gasteiger partial charge is 0.490 e. The molecule has 40 heavy (non-hydrogen) atoms. The number of ether oxygens (including phenoxy) is 2. The standard InChI is InChI=1S/C31H31Cl3N2O4/c32-27-5-1-2-7-29(27)40-15-14-39-24-12-8-20(9-13-24)25-16-22(19-37)35-17-26(25)31(38)36(23-10-11-23)18-21-4-3-6-28(33)30(21)34/h1-9,12-13,22-23,35,37H,10-11,14-19H2. The van der Waals surface area contributed by atoms with Crippen molar-refractivity contribution in [1.82, 2.24) is 10.2 Å². The normalized spacial score (nSPS) is 17.1. The fraction of sp³-hybridized carbons (Fsp3) is 0.323. The van der Waals surface area contributed by atoms with E-state index in [1.165, 1.54) is 0 Å². The molecule has 0 bridgehead atoms. The van der Waals surface area contributed by atoms with Gasteiger partial charge in [-0.15, -0.1) is 0 Å². The molecule has 0 aromatic heterocycles. The van der Waals surface area contributed by atoms with Crippen LogP contribution in [0.25, 0.3) is 5.57 Å². The Balaban J connectivity index is 1.31. The van der Waals surface area contributed by atoms with E-state index in [-0.39, 0.29) is 24.6 Å². The lowest BCUT2D eigenvalue weighted by Gasteiger charge is -2.31. The van der Waals surface area contributed by atoms with Gasteiger partial charge in [0, 0.05) is 30.7 Å². The quantitative estimate of drug-likeness (QED) is 0.249. The number of aliphatic hydroxyl groups excluding tert-OH is 1. The van der Waals surface area contributed by atoms with E-state index in [0.29, 0.717) is 64.9 Å². The smallest absolute Gasteiger partial charge is 0.251 e. The third-order valence-corrected chi connectivity index (χ3v) is 8.30. The van der Waals surface area contributed by atoms with Gasteiger partial charge < -0.3 is 24.8 Å². The molecule has 6 nitrogen and oxygen atoms in total. The molecule has 2 N–H and O–H groups in total. The summed E-state index contributed by atoms with van der Waals surface area (Å²) in [7, 11) is 0. The summed E-state index contributed by atoms with van der Waals surface area (Å²) in [6, 6.07) is 20.6. The number of benzene rings is 3. The van der Waals surface area contributed by atoms with Crippen LogP contribution in [0.15, 0.2) is 72.3 Å². The topological polar surface area (TPSA) is 71.0 Å². The molecule has 1 heterocycles. The number of nitrogens with one attached hydrogen (secondary N) is 1. The van der Waals surface area contributed by atoms with Crippen LogP contribution in [0.2, 0.25) is 15.1 Å². The van der Waals surface area contributed by atoms with E-state index in [4.69, 9.17) is 44.3 Å². The van der Waals surface area contributed by atoms with Crippen LogP contribution in [0.3, 0.4) is 0 Å². The highest BCUT2D eigenvalue weighted by atomic mass is 35.5. The van der Waals surface area contributed by atoms with E-state index in [1.807, 2.05) is 59.5 Å². The zero-order chi connectivity index (χ0) is 28.1. The lowest BCUT2D eigenvalue weighted by molar-refractivity contribution is -0.128. The van der Waals surface area contributed by atoms with Crippen LogP contribution in [-0.4, -0.2) is 54.4 Å². The average Bonchev–Trinajstić information content (AvgIpc) is 3.82. The van der Waals surface area contributed by atoms with Crippen molar-refractivity contribution >= 4 is 46.3 Å². The molecular formula is C31H31Cl3N2O4. The van der Waals surface area contributed by atoms with Gasteiger partial charge in [0.25, 0.3) is 5.91 Å². The maximum atomic E-state index is 14.0. The Bertz CT molecular complexity index is 1380. The van der Waals surface area contributed by atoms with Gasteiger partial charge in [-0.3, -0.25) is 4.79 Å². The second-order valence-corrected chi connectivity index (χ2v) is 11.1. The fourth-order valence-electron chi connectivity index (χ4n) is 4.83. The van der Waals surface area contributed by atoms with Crippen LogP contribution < -0.4 is 14.8 Å². The third-order valence-electron chi connectivity index (χ3n) is 7.13. The number of aliphatic hydroxyl groups is 1. The van der Waals surface area contributed by atoms with Gasteiger partial charge in [0.15, 0.2) is 0 Å². The number of hydrogen-bond donors (Lipinski definition) is 2. The molecular weight excluding hydrogens is 571 g/mol. The van der Waals surface area contributed by atoms with Gasteiger partial charge in [-0.1, -0.05) is 71.2 Å². The lowest BCUT2D eigenvalue weighted by Crippen LogP contribution is -2.43. The maximum Gasteiger partial charge on any atom is 0.251 e. The zero-order valence-corrected chi connectivity index (χ0v) is 24.2. The highest BCUT2D eigenvalue weighted by Gasteiger charge is 2.36. The van der Waals surface area contributed by atoms with E-state index < -0.39 is 0 Å². The summed E-state index contributed by atoms with van der Waals surface area (Å²) >= 11 is 18.8. The first kappa shape index (κ1) is 28.8. The summed E-state index contributed by atoms with van der Waals surface area (Å²) in [4.78, 5) is 15.9. The molecule has 5 rings (SSSR count). The molecule has 1 unspecified atom stereocenters. The van der Waals surface area contributed by atoms with Crippen LogP contribution in [0.1, 0.15) is 30.4 Å². The summed E-state index contributed by atoms with van der Waals surface area (Å²) < 4.78 is 11.5.